The van der Waals surface area contributed by atoms with Crippen LogP contribution in [0.15, 0.2) is 30.5 Å². The maximum atomic E-state index is 5.83. The summed E-state index contributed by atoms with van der Waals surface area (Å²) in [7, 11) is 0. The van der Waals surface area contributed by atoms with Crippen molar-refractivity contribution in [3.63, 3.8) is 0 Å². The van der Waals surface area contributed by atoms with E-state index in [1.165, 1.54) is 5.56 Å². The fraction of sp³-hybridized carbons (Fsp3) is 0.231. The van der Waals surface area contributed by atoms with Crippen molar-refractivity contribution in [3.8, 4) is 11.5 Å². The van der Waals surface area contributed by atoms with Crippen molar-refractivity contribution in [2.24, 2.45) is 5.73 Å². The first-order chi connectivity index (χ1) is 10.3. The molecule has 0 saturated heterocycles. The van der Waals surface area contributed by atoms with Crippen molar-refractivity contribution in [2.45, 2.75) is 13.0 Å². The summed E-state index contributed by atoms with van der Waals surface area (Å²) in [5, 5.41) is 10.4. The zero-order valence-corrected chi connectivity index (χ0v) is 12.3. The maximum Gasteiger partial charge on any atom is 0.202 e. The molecule has 21 heavy (non-hydrogen) atoms. The van der Waals surface area contributed by atoms with Crippen molar-refractivity contribution < 1.29 is 0 Å². The fourth-order valence-corrected chi connectivity index (χ4v) is 2.31. The van der Waals surface area contributed by atoms with Gasteiger partial charge in [-0.2, -0.15) is 13.8 Å². The van der Waals surface area contributed by atoms with Gasteiger partial charge in [0.25, 0.3) is 0 Å². The molecule has 0 radical (unpaired) electrons. The van der Waals surface area contributed by atoms with Gasteiger partial charge in [0.05, 0.1) is 24.0 Å². The lowest BCUT2D eigenvalue weighted by Crippen LogP contribution is -2.21. The Bertz CT molecular complexity index is 690. The van der Waals surface area contributed by atoms with Gasteiger partial charge in [0.1, 0.15) is 11.5 Å². The lowest BCUT2D eigenvalue weighted by molar-refractivity contribution is 0.730. The predicted molar refractivity (Wildman–Crippen MR) is 81.9 cm³/mol. The monoisotopic (exact) mass is 301 g/mol. The lowest BCUT2D eigenvalue weighted by atomic mass is 10.2. The summed E-state index contributed by atoms with van der Waals surface area (Å²) < 4.78 is 8.06. The SMILES string of the molecule is Cc1ccc(NC(CN)c2nc(-c3cnsn3)n[nH]2)cc1. The van der Waals surface area contributed by atoms with E-state index in [0.29, 0.717) is 23.9 Å². The van der Waals surface area contributed by atoms with E-state index in [-0.39, 0.29) is 6.04 Å². The number of nitrogens with zero attached hydrogens (tertiary/aromatic N) is 4. The average molecular weight is 301 g/mol. The summed E-state index contributed by atoms with van der Waals surface area (Å²) in [4.78, 5) is 4.43. The summed E-state index contributed by atoms with van der Waals surface area (Å²) in [5.74, 6) is 1.21. The Morgan fingerprint density at radius 3 is 2.81 bits per heavy atom. The zero-order chi connectivity index (χ0) is 14.7. The summed E-state index contributed by atoms with van der Waals surface area (Å²) in [5.41, 5.74) is 8.70. The Morgan fingerprint density at radius 2 is 2.14 bits per heavy atom. The van der Waals surface area contributed by atoms with Crippen LogP contribution in [0.25, 0.3) is 11.5 Å². The van der Waals surface area contributed by atoms with Gasteiger partial charge in [-0.15, -0.1) is 0 Å². The minimum atomic E-state index is -0.138. The van der Waals surface area contributed by atoms with Crippen molar-refractivity contribution in [1.29, 1.82) is 0 Å². The predicted octanol–water partition coefficient (Wildman–Crippen LogP) is 1.74. The highest BCUT2D eigenvalue weighted by atomic mass is 32.1. The van der Waals surface area contributed by atoms with E-state index in [0.717, 1.165) is 17.4 Å². The number of nitrogens with one attached hydrogen (secondary N) is 2. The standard InChI is InChI=1S/C13H15N7S/c1-8-2-4-9(5-3-8)16-10(6-14)12-17-13(19-18-12)11-7-15-21-20-11/h2-5,7,10,16H,6,14H2,1H3,(H,17,18,19). The van der Waals surface area contributed by atoms with Crippen molar-refractivity contribution in [1.82, 2.24) is 23.9 Å². The van der Waals surface area contributed by atoms with Gasteiger partial charge < -0.3 is 11.1 Å². The van der Waals surface area contributed by atoms with E-state index in [1.54, 1.807) is 6.20 Å². The number of hydrogen-bond donors (Lipinski definition) is 3. The van der Waals surface area contributed by atoms with E-state index in [1.807, 2.05) is 24.3 Å². The number of aromatic nitrogens is 5. The molecule has 1 unspecified atom stereocenters. The number of benzene rings is 1. The lowest BCUT2D eigenvalue weighted by Gasteiger charge is -2.15. The number of aromatic amines is 1. The quantitative estimate of drug-likeness (QED) is 0.663. The molecule has 2 heterocycles. The molecule has 1 aromatic carbocycles. The van der Waals surface area contributed by atoms with Gasteiger partial charge in [-0.25, -0.2) is 4.98 Å². The highest BCUT2D eigenvalue weighted by Crippen LogP contribution is 2.19. The largest absolute Gasteiger partial charge is 0.374 e. The van der Waals surface area contributed by atoms with Crippen LogP contribution in [-0.2, 0) is 0 Å². The second-order valence-corrected chi connectivity index (χ2v) is 5.19. The van der Waals surface area contributed by atoms with Crippen LogP contribution in [0.2, 0.25) is 0 Å². The number of hydrogen-bond acceptors (Lipinski definition) is 7. The van der Waals surface area contributed by atoms with Gasteiger partial charge in [0.15, 0.2) is 0 Å². The summed E-state index contributed by atoms with van der Waals surface area (Å²) in [6, 6.07) is 7.98. The molecule has 8 heteroatoms. The molecule has 0 spiro atoms. The minimum absolute atomic E-state index is 0.138. The Morgan fingerprint density at radius 1 is 1.33 bits per heavy atom. The van der Waals surface area contributed by atoms with Crippen LogP contribution >= 0.6 is 11.7 Å². The first-order valence-corrected chi connectivity index (χ1v) is 7.23. The third-order valence-corrected chi connectivity index (χ3v) is 3.53. The molecule has 0 fully saturated rings. The van der Waals surface area contributed by atoms with E-state index in [9.17, 15) is 0 Å². The molecule has 0 aliphatic rings. The van der Waals surface area contributed by atoms with Crippen LogP contribution in [0, 0.1) is 6.92 Å². The highest BCUT2D eigenvalue weighted by Gasteiger charge is 2.16. The van der Waals surface area contributed by atoms with Crippen molar-refractivity contribution >= 4 is 17.4 Å². The molecule has 0 aliphatic heterocycles. The van der Waals surface area contributed by atoms with Gasteiger partial charge in [-0.1, -0.05) is 17.7 Å². The molecule has 3 rings (SSSR count). The number of anilines is 1. The first kappa shape index (κ1) is 13.7. The molecule has 1 atom stereocenters. The number of H-pyrrole nitrogens is 1. The van der Waals surface area contributed by atoms with Crippen LogP contribution in [0.5, 0.6) is 0 Å². The van der Waals surface area contributed by atoms with E-state index >= 15 is 0 Å². The van der Waals surface area contributed by atoms with Crippen LogP contribution in [0.4, 0.5) is 5.69 Å². The van der Waals surface area contributed by atoms with Crippen LogP contribution in [0.3, 0.4) is 0 Å². The van der Waals surface area contributed by atoms with E-state index < -0.39 is 0 Å². The molecular formula is C13H15N7S. The average Bonchev–Trinajstić information content (AvgIpc) is 3.17. The van der Waals surface area contributed by atoms with E-state index in [4.69, 9.17) is 5.73 Å². The molecule has 0 aliphatic carbocycles. The summed E-state index contributed by atoms with van der Waals surface area (Å²) in [6.07, 6.45) is 1.64. The molecule has 0 bridgehead atoms. The summed E-state index contributed by atoms with van der Waals surface area (Å²) in [6.45, 7) is 2.45. The van der Waals surface area contributed by atoms with Gasteiger partial charge in [0.2, 0.25) is 5.82 Å². The molecule has 4 N–H and O–H groups in total. The third-order valence-electron chi connectivity index (χ3n) is 3.05. The van der Waals surface area contributed by atoms with Crippen molar-refractivity contribution in [2.75, 3.05) is 11.9 Å². The smallest absolute Gasteiger partial charge is 0.202 e. The minimum Gasteiger partial charge on any atom is -0.374 e. The molecule has 0 amide bonds. The Labute approximate surface area is 126 Å². The normalized spacial score (nSPS) is 12.3. The highest BCUT2D eigenvalue weighted by molar-refractivity contribution is 6.99. The maximum absolute atomic E-state index is 5.83. The Kier molecular flexibility index (Phi) is 3.89. The van der Waals surface area contributed by atoms with Gasteiger partial charge >= 0.3 is 0 Å². The molecule has 108 valence electrons. The van der Waals surface area contributed by atoms with Crippen LogP contribution in [0.1, 0.15) is 17.4 Å². The molecular weight excluding hydrogens is 286 g/mol. The molecule has 7 nitrogen and oxygen atoms in total. The van der Waals surface area contributed by atoms with Gasteiger partial charge in [0, 0.05) is 12.2 Å². The van der Waals surface area contributed by atoms with Crippen LogP contribution in [-0.4, -0.2) is 30.5 Å². The topological polar surface area (TPSA) is 105 Å². The first-order valence-electron chi connectivity index (χ1n) is 6.50. The molecule has 0 saturated carbocycles. The summed E-state index contributed by atoms with van der Waals surface area (Å²) >= 11 is 1.13. The third kappa shape index (κ3) is 3.06. The van der Waals surface area contributed by atoms with Gasteiger partial charge in [-0.05, 0) is 19.1 Å². The second-order valence-electron chi connectivity index (χ2n) is 4.64. The second kappa shape index (κ2) is 5.98. The fourth-order valence-electron chi connectivity index (χ4n) is 1.90. The molecule has 3 aromatic rings. The number of aryl methyl sites for hydroxylation is 1. The Balaban J connectivity index is 1.78. The van der Waals surface area contributed by atoms with E-state index in [2.05, 4.69) is 36.2 Å². The number of nitrogens with two attached hydrogens (primary N) is 1. The number of rotatable bonds is 5. The van der Waals surface area contributed by atoms with Gasteiger partial charge in [-0.3, -0.25) is 5.10 Å². The molecule has 2 aromatic heterocycles. The zero-order valence-electron chi connectivity index (χ0n) is 11.4. The van der Waals surface area contributed by atoms with Crippen LogP contribution < -0.4 is 11.1 Å². The Hall–Kier alpha value is -2.32. The van der Waals surface area contributed by atoms with Crippen molar-refractivity contribution in [3.05, 3.63) is 41.9 Å².